The zero-order valence-corrected chi connectivity index (χ0v) is 20.4. The van der Waals surface area contributed by atoms with Crippen molar-refractivity contribution in [3.8, 4) is 0 Å². The Balaban J connectivity index is 1.41. The summed E-state index contributed by atoms with van der Waals surface area (Å²) < 4.78 is 14.5. The van der Waals surface area contributed by atoms with Crippen molar-refractivity contribution in [2.75, 3.05) is 25.0 Å². The van der Waals surface area contributed by atoms with E-state index < -0.39 is 0 Å². The molecule has 1 unspecified atom stereocenters. The number of anilines is 1. The normalized spacial score (nSPS) is 19.8. The van der Waals surface area contributed by atoms with Crippen LogP contribution in [0.3, 0.4) is 0 Å². The lowest BCUT2D eigenvalue weighted by Gasteiger charge is -2.42. The van der Waals surface area contributed by atoms with Gasteiger partial charge in [0.05, 0.1) is 5.56 Å². The highest BCUT2D eigenvalue weighted by Gasteiger charge is 2.32. The largest absolute Gasteiger partial charge is 0.337 e. The van der Waals surface area contributed by atoms with E-state index in [-0.39, 0.29) is 23.7 Å². The minimum atomic E-state index is -0.378. The molecule has 1 saturated heterocycles. The van der Waals surface area contributed by atoms with Crippen molar-refractivity contribution in [2.24, 2.45) is 5.92 Å². The number of halogens is 1. The molecule has 1 aromatic heterocycles. The van der Waals surface area contributed by atoms with Crippen molar-refractivity contribution in [3.63, 3.8) is 0 Å². The van der Waals surface area contributed by atoms with E-state index >= 15 is 0 Å². The molecule has 0 bridgehead atoms. The van der Waals surface area contributed by atoms with Gasteiger partial charge in [0.1, 0.15) is 5.82 Å². The van der Waals surface area contributed by atoms with Crippen LogP contribution in [0.2, 0.25) is 0 Å². The molecule has 2 aromatic rings. The Morgan fingerprint density at radius 3 is 2.56 bits per heavy atom. The molecule has 7 heteroatoms. The van der Waals surface area contributed by atoms with E-state index in [1.165, 1.54) is 18.7 Å². The predicted molar refractivity (Wildman–Crippen MR) is 131 cm³/mol. The fraction of sp³-hybridized carbons (Fsp3) is 0.519. The summed E-state index contributed by atoms with van der Waals surface area (Å²) in [6.45, 7) is 8.66. The molecule has 0 spiro atoms. The molecule has 2 heterocycles. The van der Waals surface area contributed by atoms with Gasteiger partial charge in [-0.1, -0.05) is 19.3 Å². The molecule has 2 amide bonds. The molecule has 2 aliphatic rings. The molecule has 6 nitrogen and oxygen atoms in total. The third-order valence-electron chi connectivity index (χ3n) is 7.24. The molecule has 1 saturated carbocycles. The number of rotatable bonds is 5. The predicted octanol–water partition coefficient (Wildman–Crippen LogP) is 4.70. The van der Waals surface area contributed by atoms with Crippen molar-refractivity contribution in [3.05, 3.63) is 58.7 Å². The monoisotopic (exact) mass is 466 g/mol. The summed E-state index contributed by atoms with van der Waals surface area (Å²) in [5.74, 6) is -0.194. The van der Waals surface area contributed by atoms with E-state index in [1.807, 2.05) is 18.7 Å². The topological polar surface area (TPSA) is 65.5 Å². The number of benzene rings is 1. The summed E-state index contributed by atoms with van der Waals surface area (Å²) in [5.41, 5.74) is 3.43. The van der Waals surface area contributed by atoms with Crippen LogP contribution in [0.5, 0.6) is 0 Å². The number of nitrogens with zero attached hydrogens (tertiary/aromatic N) is 3. The van der Waals surface area contributed by atoms with Gasteiger partial charge in [-0.3, -0.25) is 19.5 Å². The molecule has 1 atom stereocenters. The van der Waals surface area contributed by atoms with Gasteiger partial charge in [-0.15, -0.1) is 0 Å². The number of carbonyl (C=O) groups is 2. The van der Waals surface area contributed by atoms with E-state index in [0.717, 1.165) is 55.6 Å². The summed E-state index contributed by atoms with van der Waals surface area (Å²) >= 11 is 0. The third-order valence-corrected chi connectivity index (χ3v) is 7.24. The summed E-state index contributed by atoms with van der Waals surface area (Å²) in [6.07, 6.45) is 7.11. The van der Waals surface area contributed by atoms with Crippen molar-refractivity contribution in [2.45, 2.75) is 65.5 Å². The molecule has 1 N–H and O–H groups in total. The van der Waals surface area contributed by atoms with Crippen LogP contribution >= 0.6 is 0 Å². The van der Waals surface area contributed by atoms with Gasteiger partial charge in [-0.25, -0.2) is 4.39 Å². The third kappa shape index (κ3) is 5.63. The maximum atomic E-state index is 14.5. The van der Waals surface area contributed by atoms with Gasteiger partial charge in [-0.05, 0) is 69.0 Å². The van der Waals surface area contributed by atoms with E-state index in [2.05, 4.69) is 22.1 Å². The zero-order chi connectivity index (χ0) is 24.2. The standard InChI is InChI=1S/C27H35FN4O2/c1-18-9-10-22(15-29-18)26(33)30-25-14-24(28)13-23(20(25)3)17-31-11-12-32(19(2)16-31)27(34)21-7-5-4-6-8-21/h9-10,13-15,19,21H,4-8,11-12,16-17H2,1-3H3,(H,30,33). The molecular weight excluding hydrogens is 431 g/mol. The first-order chi connectivity index (χ1) is 16.3. The van der Waals surface area contributed by atoms with Crippen LogP contribution in [0, 0.1) is 25.6 Å². The quantitative estimate of drug-likeness (QED) is 0.694. The van der Waals surface area contributed by atoms with Crippen LogP contribution in [0.25, 0.3) is 0 Å². The summed E-state index contributed by atoms with van der Waals surface area (Å²) in [6, 6.07) is 6.52. The Hall–Kier alpha value is -2.80. The van der Waals surface area contributed by atoms with E-state index in [0.29, 0.717) is 30.2 Å². The molecule has 0 radical (unpaired) electrons. The van der Waals surface area contributed by atoms with Crippen molar-refractivity contribution >= 4 is 17.5 Å². The number of piperazine rings is 1. The van der Waals surface area contributed by atoms with Gasteiger partial charge in [0, 0.05) is 55.7 Å². The SMILES string of the molecule is Cc1ccc(C(=O)Nc2cc(F)cc(CN3CCN(C(=O)C4CCCCC4)C(C)C3)c2C)cn1. The number of carbonyl (C=O) groups excluding carboxylic acids is 2. The molecule has 1 aromatic carbocycles. The van der Waals surface area contributed by atoms with Crippen molar-refractivity contribution in [1.29, 1.82) is 0 Å². The second kappa shape index (κ2) is 10.6. The molecule has 1 aliphatic carbocycles. The Morgan fingerprint density at radius 2 is 1.88 bits per heavy atom. The van der Waals surface area contributed by atoms with Crippen LogP contribution in [0.15, 0.2) is 30.5 Å². The Morgan fingerprint density at radius 1 is 1.12 bits per heavy atom. The summed E-state index contributed by atoms with van der Waals surface area (Å²) in [5, 5.41) is 2.84. The highest BCUT2D eigenvalue weighted by atomic mass is 19.1. The number of aromatic nitrogens is 1. The highest BCUT2D eigenvalue weighted by molar-refractivity contribution is 6.04. The number of nitrogens with one attached hydrogen (secondary N) is 1. The van der Waals surface area contributed by atoms with Gasteiger partial charge in [0.2, 0.25) is 5.91 Å². The van der Waals surface area contributed by atoms with Gasteiger partial charge in [-0.2, -0.15) is 0 Å². The number of aryl methyl sites for hydroxylation is 1. The minimum absolute atomic E-state index is 0.130. The minimum Gasteiger partial charge on any atom is -0.337 e. The molecular formula is C27H35FN4O2. The van der Waals surface area contributed by atoms with Crippen molar-refractivity contribution in [1.82, 2.24) is 14.8 Å². The first-order valence-corrected chi connectivity index (χ1v) is 12.4. The van der Waals surface area contributed by atoms with E-state index in [1.54, 1.807) is 18.2 Å². The molecule has 2 fully saturated rings. The molecule has 182 valence electrons. The molecule has 4 rings (SSSR count). The highest BCUT2D eigenvalue weighted by Crippen LogP contribution is 2.28. The maximum absolute atomic E-state index is 14.5. The van der Waals surface area contributed by atoms with Crippen LogP contribution in [-0.4, -0.2) is 52.3 Å². The van der Waals surface area contributed by atoms with E-state index in [9.17, 15) is 14.0 Å². The van der Waals surface area contributed by atoms with Crippen LogP contribution < -0.4 is 5.32 Å². The fourth-order valence-electron chi connectivity index (χ4n) is 5.16. The lowest BCUT2D eigenvalue weighted by atomic mass is 9.87. The van der Waals surface area contributed by atoms with Crippen LogP contribution in [-0.2, 0) is 11.3 Å². The van der Waals surface area contributed by atoms with Gasteiger partial charge in [0.15, 0.2) is 0 Å². The molecule has 1 aliphatic heterocycles. The Bertz CT molecular complexity index is 1030. The lowest BCUT2D eigenvalue weighted by molar-refractivity contribution is -0.141. The van der Waals surface area contributed by atoms with Gasteiger partial charge >= 0.3 is 0 Å². The average molecular weight is 467 g/mol. The summed E-state index contributed by atoms with van der Waals surface area (Å²) in [4.78, 5) is 34.1. The summed E-state index contributed by atoms with van der Waals surface area (Å²) in [7, 11) is 0. The second-order valence-corrected chi connectivity index (χ2v) is 9.83. The smallest absolute Gasteiger partial charge is 0.257 e. The van der Waals surface area contributed by atoms with Crippen LogP contribution in [0.1, 0.15) is 66.2 Å². The lowest BCUT2D eigenvalue weighted by Crippen LogP contribution is -2.55. The Labute approximate surface area is 201 Å². The van der Waals surface area contributed by atoms with Crippen molar-refractivity contribution < 1.29 is 14.0 Å². The maximum Gasteiger partial charge on any atom is 0.257 e. The zero-order valence-electron chi connectivity index (χ0n) is 20.4. The fourth-order valence-corrected chi connectivity index (χ4v) is 5.16. The van der Waals surface area contributed by atoms with Crippen LogP contribution in [0.4, 0.5) is 10.1 Å². The Kier molecular flexibility index (Phi) is 7.61. The first-order valence-electron chi connectivity index (χ1n) is 12.4. The first kappa shape index (κ1) is 24.3. The number of hydrogen-bond acceptors (Lipinski definition) is 4. The van der Waals surface area contributed by atoms with Gasteiger partial charge in [0.25, 0.3) is 5.91 Å². The van der Waals surface area contributed by atoms with Gasteiger partial charge < -0.3 is 10.2 Å². The van der Waals surface area contributed by atoms with E-state index in [4.69, 9.17) is 0 Å². The second-order valence-electron chi connectivity index (χ2n) is 9.83. The number of hydrogen-bond donors (Lipinski definition) is 1. The number of pyridine rings is 1. The molecule has 34 heavy (non-hydrogen) atoms. The number of amides is 2. The average Bonchev–Trinajstić information content (AvgIpc) is 2.82.